The molecule has 29 nitrogen and oxygen atoms in total. The van der Waals surface area contributed by atoms with Gasteiger partial charge >= 0.3 is 0 Å². The number of hydrogen-bond acceptors (Lipinski definition) is 25. The molecule has 0 aliphatic carbocycles. The van der Waals surface area contributed by atoms with E-state index in [1.54, 1.807) is 31.4 Å². The van der Waals surface area contributed by atoms with E-state index in [-0.39, 0.29) is 33.9 Å². The monoisotopic (exact) mass is 1570 g/mol. The zero-order valence-corrected chi connectivity index (χ0v) is 67.6. The van der Waals surface area contributed by atoms with Crippen molar-refractivity contribution in [2.24, 2.45) is 0 Å². The zero-order valence-electron chi connectivity index (χ0n) is 67.6. The average molecular weight is 1570 g/mol. The lowest BCUT2D eigenvalue weighted by atomic mass is 9.93. The number of methoxy groups -OCH3 is 3. The van der Waals surface area contributed by atoms with E-state index in [0.29, 0.717) is 55.0 Å². The van der Waals surface area contributed by atoms with E-state index in [2.05, 4.69) is 99.3 Å². The minimum Gasteiger partial charge on any atom is -0.502 e. The molecule has 5 N–H and O–H groups in total. The number of anilines is 5. The molecule has 8 saturated heterocycles. The van der Waals surface area contributed by atoms with Crippen LogP contribution in [0.4, 0.5) is 29.7 Å². The molecule has 16 rings (SSSR count). The second-order valence-electron chi connectivity index (χ2n) is 31.5. The van der Waals surface area contributed by atoms with Crippen molar-refractivity contribution in [3.05, 3.63) is 184 Å². The third-order valence-electron chi connectivity index (χ3n) is 23.1. The van der Waals surface area contributed by atoms with E-state index >= 15 is 0 Å². The maximum absolute atomic E-state index is 12.3. The van der Waals surface area contributed by atoms with E-state index in [1.807, 2.05) is 67.8 Å². The summed E-state index contributed by atoms with van der Waals surface area (Å²) in [4.78, 5) is 109. The van der Waals surface area contributed by atoms with Gasteiger partial charge in [-0.25, -0.2) is 29.9 Å². The molecule has 0 bridgehead atoms. The topological polar surface area (TPSA) is 304 Å². The SMILES string of the molecule is C#CCOc1ccc(CN2CCC(c3cc(=O)[nH]c(N4CCCC4)n3)CC2)cc1.CN(C)c1ncc(CN2CCC(c3cc(=O)[nH]c(N4CCCC4)n3)CC2)cn1.COc1cc(CN2CCC(c3cc(=O)[nH]c(N4CCCC4)n3)CC2)cc(OC)c1O.COc1cccc(CN2CCCC(c3cc(=O)[nH]c(N4CCOCC4)n3)C2)c1. The highest BCUT2D eigenvalue weighted by Gasteiger charge is 2.30. The van der Waals surface area contributed by atoms with E-state index < -0.39 is 0 Å². The van der Waals surface area contributed by atoms with Gasteiger partial charge in [0.2, 0.25) is 35.5 Å². The number of H-pyrrole nitrogens is 4. The van der Waals surface area contributed by atoms with Gasteiger partial charge in [0, 0.05) is 165 Å². The summed E-state index contributed by atoms with van der Waals surface area (Å²) in [5, 5.41) is 10.1. The van der Waals surface area contributed by atoms with Crippen LogP contribution in [0.15, 0.2) is 117 Å². The minimum absolute atomic E-state index is 0.0247. The first kappa shape index (κ1) is 82.6. The Labute approximate surface area is 673 Å². The molecule has 1 unspecified atom stereocenters. The fourth-order valence-electron chi connectivity index (χ4n) is 16.8. The summed E-state index contributed by atoms with van der Waals surface area (Å²) in [5.74, 6) is 9.95. The van der Waals surface area contributed by atoms with Crippen LogP contribution in [0.1, 0.15) is 159 Å². The smallest absolute Gasteiger partial charge is 0.252 e. The van der Waals surface area contributed by atoms with Crippen LogP contribution in [0.25, 0.3) is 0 Å². The molecule has 115 heavy (non-hydrogen) atoms. The molecule has 13 heterocycles. The number of terminal acetylenes is 1. The molecule has 8 fully saturated rings. The van der Waals surface area contributed by atoms with Crippen molar-refractivity contribution in [1.29, 1.82) is 0 Å². The van der Waals surface area contributed by atoms with Crippen LogP contribution in [0.3, 0.4) is 0 Å². The Bertz CT molecular complexity index is 4670. The van der Waals surface area contributed by atoms with Gasteiger partial charge in [-0.15, -0.1) is 6.42 Å². The van der Waals surface area contributed by atoms with E-state index in [1.165, 1.54) is 51.0 Å². The van der Waals surface area contributed by atoms with Gasteiger partial charge in [-0.05, 0) is 189 Å². The Morgan fingerprint density at radius 1 is 0.443 bits per heavy atom. The third kappa shape index (κ3) is 23.2. The summed E-state index contributed by atoms with van der Waals surface area (Å²) in [5.41, 5.74) is 8.18. The minimum atomic E-state index is -0.0728. The van der Waals surface area contributed by atoms with Crippen LogP contribution < -0.4 is 65.7 Å². The normalized spacial score (nSPS) is 18.8. The van der Waals surface area contributed by atoms with Crippen LogP contribution >= 0.6 is 0 Å². The molecule has 0 saturated carbocycles. The predicted molar refractivity (Wildman–Crippen MR) is 447 cm³/mol. The third-order valence-corrected chi connectivity index (χ3v) is 23.1. The molecule has 8 aromatic rings. The fourth-order valence-corrected chi connectivity index (χ4v) is 16.8. The number of phenols is 1. The maximum atomic E-state index is 12.3. The molecule has 1 atom stereocenters. The zero-order chi connectivity index (χ0) is 80.0. The Balaban J connectivity index is 0.000000134. The van der Waals surface area contributed by atoms with Gasteiger partial charge in [-0.3, -0.25) is 58.7 Å². The number of aromatic hydroxyl groups is 1. The van der Waals surface area contributed by atoms with Gasteiger partial charge in [0.25, 0.3) is 22.2 Å². The van der Waals surface area contributed by atoms with Gasteiger partial charge in [-0.2, -0.15) is 0 Å². The van der Waals surface area contributed by atoms with Crippen molar-refractivity contribution in [2.45, 2.75) is 140 Å². The Kier molecular flexibility index (Phi) is 29.3. The first-order valence-corrected chi connectivity index (χ1v) is 41.2. The second kappa shape index (κ2) is 40.8. The first-order chi connectivity index (χ1) is 56.1. The Morgan fingerprint density at radius 2 is 0.852 bits per heavy atom. The molecular weight excluding hydrogens is 1460 g/mol. The quantitative estimate of drug-likeness (QED) is 0.0396. The predicted octanol–water partition coefficient (Wildman–Crippen LogP) is 8.83. The Hall–Kier alpha value is -10.4. The molecule has 0 spiro atoms. The fraction of sp³-hybridized carbons (Fsp3) is 0.535. The van der Waals surface area contributed by atoms with Crippen molar-refractivity contribution < 1.29 is 28.8 Å². The van der Waals surface area contributed by atoms with Crippen LogP contribution in [-0.2, 0) is 30.9 Å². The van der Waals surface area contributed by atoms with Gasteiger partial charge in [0.15, 0.2) is 11.5 Å². The van der Waals surface area contributed by atoms with Crippen molar-refractivity contribution in [3.8, 4) is 41.1 Å². The number of nitrogens with zero attached hydrogens (tertiary/aromatic N) is 15. The highest BCUT2D eigenvalue weighted by Crippen LogP contribution is 2.39. The van der Waals surface area contributed by atoms with Crippen molar-refractivity contribution in [3.63, 3.8) is 0 Å². The summed E-state index contributed by atoms with van der Waals surface area (Å²) < 4.78 is 26.7. The number of likely N-dealkylation sites (tertiary alicyclic amines) is 4. The van der Waals surface area contributed by atoms with Crippen molar-refractivity contribution in [2.75, 3.05) is 184 Å². The second-order valence-corrected chi connectivity index (χ2v) is 31.5. The van der Waals surface area contributed by atoms with E-state index in [4.69, 9.17) is 50.0 Å². The summed E-state index contributed by atoms with van der Waals surface area (Å²) >= 11 is 0. The molecule has 0 radical (unpaired) electrons. The highest BCUT2D eigenvalue weighted by atomic mass is 16.5. The molecule has 5 aromatic heterocycles. The molecule has 8 aliphatic rings. The number of ether oxygens (including phenoxy) is 5. The lowest BCUT2D eigenvalue weighted by Gasteiger charge is -2.33. The molecular formula is C86H115N19O10. The van der Waals surface area contributed by atoms with Crippen LogP contribution in [0.5, 0.6) is 28.7 Å². The average Bonchev–Trinajstić information content (AvgIpc) is 1.10. The number of phenolic OH excluding ortho intramolecular Hbond substituents is 1. The van der Waals surface area contributed by atoms with Gasteiger partial charge < -0.3 is 53.3 Å². The van der Waals surface area contributed by atoms with Crippen LogP contribution in [-0.4, -0.2) is 235 Å². The molecule has 8 aliphatic heterocycles. The Morgan fingerprint density at radius 3 is 1.27 bits per heavy atom. The number of aromatic amines is 4. The summed E-state index contributed by atoms with van der Waals surface area (Å²) in [6.07, 6.45) is 24.2. The lowest BCUT2D eigenvalue weighted by Crippen LogP contribution is -2.39. The van der Waals surface area contributed by atoms with Crippen molar-refractivity contribution in [1.82, 2.24) is 69.4 Å². The number of rotatable bonds is 22. The maximum Gasteiger partial charge on any atom is 0.252 e. The molecule has 3 aromatic carbocycles. The highest BCUT2D eigenvalue weighted by molar-refractivity contribution is 5.53. The number of piperidine rings is 4. The van der Waals surface area contributed by atoms with Gasteiger partial charge in [0.1, 0.15) is 18.1 Å². The number of hydrogen-bond donors (Lipinski definition) is 5. The summed E-state index contributed by atoms with van der Waals surface area (Å²) in [6.45, 7) is 20.3. The number of nitrogens with one attached hydrogen (secondary N) is 4. The molecule has 29 heteroatoms. The van der Waals surface area contributed by atoms with Crippen LogP contribution in [0, 0.1) is 12.3 Å². The van der Waals surface area contributed by atoms with E-state index in [0.717, 1.165) is 264 Å². The van der Waals surface area contributed by atoms with Gasteiger partial charge in [-0.1, -0.05) is 30.2 Å². The van der Waals surface area contributed by atoms with E-state index in [9.17, 15) is 24.3 Å². The summed E-state index contributed by atoms with van der Waals surface area (Å²) in [7, 11) is 8.65. The number of benzene rings is 3. The summed E-state index contributed by atoms with van der Waals surface area (Å²) in [6, 6.07) is 26.8. The largest absolute Gasteiger partial charge is 0.502 e. The number of morpholine rings is 1. The molecule has 614 valence electrons. The number of aromatic nitrogens is 10. The first-order valence-electron chi connectivity index (χ1n) is 41.2. The van der Waals surface area contributed by atoms with Crippen molar-refractivity contribution >= 4 is 29.7 Å². The van der Waals surface area contributed by atoms with Gasteiger partial charge in [0.05, 0.1) is 57.3 Å². The lowest BCUT2D eigenvalue weighted by molar-refractivity contribution is 0.122. The molecule has 0 amide bonds. The standard InChI is InChI=1S/C23H28N4O2.C22H30N4O4.C21H28N4O3.C20H29N7O/c1-2-15-29-20-7-5-18(6-8-20)17-26-13-9-19(10-14-26)21-16-22(28)25-23(24-21)27-11-3-4-12-27;1-29-18-11-15(12-19(30-2)21(18)28)14-25-9-5-16(6-10-25)17-13-20(27)24-22(23-17)26-7-3-4-8-26;1-27-18-6-2-4-16(12-18)14-24-7-3-5-17(15-24)19-13-20(26)23-21(22-19)25-8-10-28-11-9-25;1-25(2)19-21-12-15(13-22-19)14-26-9-5-16(6-10-26)17-11-18(28)24-20(23-17)27-7-3-4-8-27/h1,5-8,16,19H,3-4,9-15,17H2,(H,24,25,28);11-13,16,28H,3-10,14H2,1-2H3,(H,23,24,27);2,4,6,12-13,17H,3,5,7-11,14-15H2,1H3,(H,22,23,26);11-13,16H,3-10,14H2,1-2H3,(H,23,24,28). The van der Waals surface area contributed by atoms with Crippen LogP contribution in [0.2, 0.25) is 0 Å².